The number of ether oxygens (including phenoxy) is 1. The van der Waals surface area contributed by atoms with Crippen molar-refractivity contribution in [1.82, 2.24) is 14.5 Å². The van der Waals surface area contributed by atoms with Gasteiger partial charge in [0.2, 0.25) is 10.0 Å². The Labute approximate surface area is 241 Å². The molecule has 7 nitrogen and oxygen atoms in total. The van der Waals surface area contributed by atoms with Gasteiger partial charge in [0.15, 0.2) is 0 Å². The number of benzene rings is 3. The van der Waals surface area contributed by atoms with Crippen molar-refractivity contribution in [3.8, 4) is 0 Å². The molecule has 0 saturated heterocycles. The summed E-state index contributed by atoms with van der Waals surface area (Å²) < 4.78 is 63.2. The summed E-state index contributed by atoms with van der Waals surface area (Å²) >= 11 is 0. The van der Waals surface area contributed by atoms with E-state index >= 15 is 0 Å². The maximum atomic E-state index is 14.9. The maximum absolute atomic E-state index is 14.9. The summed E-state index contributed by atoms with van der Waals surface area (Å²) in [5.41, 5.74) is 0.668. The number of hydrogen-bond donors (Lipinski definition) is 1. The molecule has 0 bridgehead atoms. The lowest BCUT2D eigenvalue weighted by Gasteiger charge is -2.48. The Hall–Kier alpha value is -3.34. The first-order valence-electron chi connectivity index (χ1n) is 13.5. The van der Waals surface area contributed by atoms with Crippen LogP contribution < -0.4 is 4.72 Å². The van der Waals surface area contributed by atoms with Gasteiger partial charge in [-0.1, -0.05) is 54.6 Å². The standard InChI is InChI=1S/C31H37F2N3O4S/c1-30(2,3)40-29(37)35(21-23-10-6-5-7-11-23)16-17-36-22-25-14-15-27(32)18-26(25)20-31(36,34-41(4,38)39)19-24-12-8-9-13-28(24)33/h5-15,18,34H,16-17,19-22H2,1-4H3. The predicted molar refractivity (Wildman–Crippen MR) is 154 cm³/mol. The Morgan fingerprint density at radius 3 is 2.37 bits per heavy atom. The molecule has 41 heavy (non-hydrogen) atoms. The molecule has 3 aromatic carbocycles. The van der Waals surface area contributed by atoms with Crippen LogP contribution in [0.15, 0.2) is 72.8 Å². The van der Waals surface area contributed by atoms with E-state index in [0.29, 0.717) is 11.1 Å². The molecule has 1 unspecified atom stereocenters. The Balaban J connectivity index is 1.72. The minimum Gasteiger partial charge on any atom is -0.444 e. The number of fused-ring (bicyclic) bond motifs is 1. The van der Waals surface area contributed by atoms with Gasteiger partial charge in [-0.25, -0.2) is 22.0 Å². The van der Waals surface area contributed by atoms with E-state index in [1.165, 1.54) is 18.2 Å². The number of hydrogen-bond acceptors (Lipinski definition) is 5. The van der Waals surface area contributed by atoms with E-state index < -0.39 is 39.0 Å². The molecule has 220 valence electrons. The molecule has 0 aliphatic carbocycles. The summed E-state index contributed by atoms with van der Waals surface area (Å²) in [6.45, 7) is 6.36. The first kappa shape index (κ1) is 30.6. The van der Waals surface area contributed by atoms with Crippen molar-refractivity contribution in [1.29, 1.82) is 0 Å². The van der Waals surface area contributed by atoms with E-state index in [1.54, 1.807) is 49.9 Å². The molecule has 1 aliphatic heterocycles. The molecule has 4 rings (SSSR count). The highest BCUT2D eigenvalue weighted by molar-refractivity contribution is 7.88. The van der Waals surface area contributed by atoms with E-state index in [0.717, 1.165) is 17.4 Å². The Bertz CT molecular complexity index is 1480. The number of sulfonamides is 1. The van der Waals surface area contributed by atoms with Gasteiger partial charge in [-0.2, -0.15) is 4.72 Å². The van der Waals surface area contributed by atoms with Crippen LogP contribution in [-0.2, 0) is 40.7 Å². The fourth-order valence-electron chi connectivity index (χ4n) is 5.21. The van der Waals surface area contributed by atoms with Crippen LogP contribution in [0.1, 0.15) is 43.0 Å². The van der Waals surface area contributed by atoms with Crippen LogP contribution in [0.5, 0.6) is 0 Å². The van der Waals surface area contributed by atoms with Gasteiger partial charge in [-0.05, 0) is 61.2 Å². The van der Waals surface area contributed by atoms with Crippen LogP contribution in [0.3, 0.4) is 0 Å². The van der Waals surface area contributed by atoms with Crippen LogP contribution in [-0.4, -0.2) is 54.9 Å². The van der Waals surface area contributed by atoms with Crippen molar-refractivity contribution < 1.29 is 26.7 Å². The lowest BCUT2D eigenvalue weighted by Crippen LogP contribution is -2.65. The summed E-state index contributed by atoms with van der Waals surface area (Å²) in [6.07, 6.45) is 0.648. The molecule has 1 aliphatic rings. The molecule has 1 atom stereocenters. The zero-order valence-electron chi connectivity index (χ0n) is 23.9. The lowest BCUT2D eigenvalue weighted by atomic mass is 9.85. The first-order valence-corrected chi connectivity index (χ1v) is 15.4. The molecule has 0 fully saturated rings. The number of nitrogens with zero attached hydrogens (tertiary/aromatic N) is 2. The zero-order chi connectivity index (χ0) is 29.8. The predicted octanol–water partition coefficient (Wildman–Crippen LogP) is 5.25. The van der Waals surface area contributed by atoms with Crippen molar-refractivity contribution in [2.24, 2.45) is 0 Å². The van der Waals surface area contributed by atoms with Gasteiger partial charge in [-0.15, -0.1) is 0 Å². The Morgan fingerprint density at radius 2 is 1.71 bits per heavy atom. The van der Waals surface area contributed by atoms with E-state index in [-0.39, 0.29) is 39.0 Å². The molecule has 1 heterocycles. The van der Waals surface area contributed by atoms with Crippen molar-refractivity contribution in [3.05, 3.63) is 107 Å². The van der Waals surface area contributed by atoms with E-state index in [4.69, 9.17) is 4.74 Å². The third-order valence-electron chi connectivity index (χ3n) is 6.94. The van der Waals surface area contributed by atoms with Gasteiger partial charge < -0.3 is 9.64 Å². The molecule has 0 radical (unpaired) electrons. The number of halogens is 2. The summed E-state index contributed by atoms with van der Waals surface area (Å²) in [6, 6.07) is 20.1. The second-order valence-corrected chi connectivity index (χ2v) is 13.3. The fourth-order valence-corrected chi connectivity index (χ4v) is 6.17. The molecule has 10 heteroatoms. The van der Waals surface area contributed by atoms with Crippen LogP contribution in [0.25, 0.3) is 0 Å². The van der Waals surface area contributed by atoms with E-state index in [1.807, 2.05) is 35.2 Å². The van der Waals surface area contributed by atoms with E-state index in [9.17, 15) is 22.0 Å². The van der Waals surface area contributed by atoms with Gasteiger partial charge in [0.25, 0.3) is 0 Å². The van der Waals surface area contributed by atoms with Gasteiger partial charge in [0, 0.05) is 39.0 Å². The highest BCUT2D eigenvalue weighted by Gasteiger charge is 2.44. The van der Waals surface area contributed by atoms with Crippen molar-refractivity contribution in [2.45, 2.75) is 58.0 Å². The number of amides is 1. The average Bonchev–Trinajstić information content (AvgIpc) is 2.86. The second-order valence-electron chi connectivity index (χ2n) is 11.6. The molecule has 1 amide bonds. The molecular weight excluding hydrogens is 548 g/mol. The van der Waals surface area contributed by atoms with Gasteiger partial charge in [0.1, 0.15) is 17.2 Å². The lowest BCUT2D eigenvalue weighted by molar-refractivity contribution is 0.0105. The number of carbonyl (C=O) groups excluding carboxylic acids is 1. The molecule has 0 aromatic heterocycles. The number of rotatable bonds is 9. The van der Waals surface area contributed by atoms with Crippen molar-refractivity contribution in [3.63, 3.8) is 0 Å². The minimum atomic E-state index is -3.80. The van der Waals surface area contributed by atoms with Crippen molar-refractivity contribution >= 4 is 16.1 Å². The third-order valence-corrected chi connectivity index (χ3v) is 7.69. The molecule has 0 spiro atoms. The summed E-state index contributed by atoms with van der Waals surface area (Å²) in [7, 11) is -3.80. The highest BCUT2D eigenvalue weighted by Crippen LogP contribution is 2.34. The molecule has 0 saturated carbocycles. The highest BCUT2D eigenvalue weighted by atomic mass is 32.2. The molecule has 3 aromatic rings. The van der Waals surface area contributed by atoms with Crippen LogP contribution in [0.2, 0.25) is 0 Å². The quantitative estimate of drug-likeness (QED) is 0.371. The van der Waals surface area contributed by atoms with Crippen LogP contribution in [0, 0.1) is 11.6 Å². The largest absolute Gasteiger partial charge is 0.444 e. The average molecular weight is 586 g/mol. The number of carbonyl (C=O) groups is 1. The monoisotopic (exact) mass is 585 g/mol. The first-order chi connectivity index (χ1) is 19.2. The van der Waals surface area contributed by atoms with Crippen LogP contribution in [0.4, 0.5) is 13.6 Å². The topological polar surface area (TPSA) is 79.0 Å². The fraction of sp³-hybridized carbons (Fsp3) is 0.387. The van der Waals surface area contributed by atoms with Crippen LogP contribution >= 0.6 is 0 Å². The Morgan fingerprint density at radius 1 is 1.02 bits per heavy atom. The minimum absolute atomic E-state index is 0.00613. The summed E-state index contributed by atoms with van der Waals surface area (Å²) in [5, 5.41) is 0. The van der Waals surface area contributed by atoms with E-state index in [2.05, 4.69) is 4.72 Å². The summed E-state index contributed by atoms with van der Waals surface area (Å²) in [4.78, 5) is 16.8. The maximum Gasteiger partial charge on any atom is 0.410 e. The number of nitrogens with one attached hydrogen (secondary N) is 1. The second kappa shape index (κ2) is 12.3. The molecular formula is C31H37F2N3O4S. The van der Waals surface area contributed by atoms with Crippen molar-refractivity contribution in [2.75, 3.05) is 19.3 Å². The van der Waals surface area contributed by atoms with Gasteiger partial charge in [-0.3, -0.25) is 4.90 Å². The van der Waals surface area contributed by atoms with Gasteiger partial charge in [0.05, 0.1) is 11.9 Å². The Kier molecular flexibility index (Phi) is 9.16. The molecule has 1 N–H and O–H groups in total. The SMILES string of the molecule is CC(C)(C)OC(=O)N(CCN1Cc2ccc(F)cc2CC1(Cc1ccccc1F)NS(C)(=O)=O)Cc1ccccc1. The zero-order valence-corrected chi connectivity index (χ0v) is 24.7. The smallest absolute Gasteiger partial charge is 0.410 e. The summed E-state index contributed by atoms with van der Waals surface area (Å²) in [5.74, 6) is -0.901. The third kappa shape index (κ3) is 8.34. The normalized spacial score (nSPS) is 17.6. The van der Waals surface area contributed by atoms with Gasteiger partial charge >= 0.3 is 6.09 Å².